The topological polar surface area (TPSA) is 26.0 Å². The van der Waals surface area contributed by atoms with E-state index in [-0.39, 0.29) is 0 Å². The van der Waals surface area contributed by atoms with Gasteiger partial charge in [-0.2, -0.15) is 0 Å². The van der Waals surface area contributed by atoms with Gasteiger partial charge in [0.05, 0.1) is 5.02 Å². The lowest BCUT2D eigenvalue weighted by Crippen LogP contribution is -1.85. The molecule has 1 heterocycles. The molecule has 0 saturated heterocycles. The number of anilines is 1. The maximum Gasteiger partial charge on any atom is 0.0505 e. The van der Waals surface area contributed by atoms with Gasteiger partial charge in [-0.15, -0.1) is 11.3 Å². The highest BCUT2D eigenvalue weighted by atomic mass is 35.5. The first-order chi connectivity index (χ1) is 6.68. The van der Waals surface area contributed by atoms with E-state index in [0.717, 1.165) is 5.56 Å². The quantitative estimate of drug-likeness (QED) is 0.728. The Labute approximate surface area is 92.1 Å². The molecule has 0 aliphatic carbocycles. The van der Waals surface area contributed by atoms with Gasteiger partial charge in [0.2, 0.25) is 0 Å². The fourth-order valence-corrected chi connectivity index (χ4v) is 2.42. The third-order valence-corrected chi connectivity index (χ3v) is 3.30. The maximum absolute atomic E-state index is 6.12. The van der Waals surface area contributed by atoms with Crippen molar-refractivity contribution in [2.45, 2.75) is 6.92 Å². The van der Waals surface area contributed by atoms with Crippen LogP contribution in [0.1, 0.15) is 4.88 Å². The van der Waals surface area contributed by atoms with E-state index in [1.807, 2.05) is 12.1 Å². The molecule has 0 bridgehead atoms. The normalized spacial score (nSPS) is 10.4. The first kappa shape index (κ1) is 9.56. The highest BCUT2D eigenvalue weighted by molar-refractivity contribution is 7.10. The summed E-state index contributed by atoms with van der Waals surface area (Å²) < 4.78 is 0. The van der Waals surface area contributed by atoms with Gasteiger partial charge in [0, 0.05) is 16.1 Å². The molecule has 0 atom stereocenters. The fraction of sp³-hybridized carbons (Fsp3) is 0.0909. The van der Waals surface area contributed by atoms with E-state index in [9.17, 15) is 0 Å². The number of nitrogens with two attached hydrogens (primary N) is 1. The van der Waals surface area contributed by atoms with Gasteiger partial charge >= 0.3 is 0 Å². The van der Waals surface area contributed by atoms with Gasteiger partial charge in [0.15, 0.2) is 0 Å². The summed E-state index contributed by atoms with van der Waals surface area (Å²) in [5.41, 5.74) is 8.59. The Morgan fingerprint density at radius 2 is 2.00 bits per heavy atom. The molecule has 2 aromatic rings. The highest BCUT2D eigenvalue weighted by Crippen LogP contribution is 2.33. The predicted molar refractivity (Wildman–Crippen MR) is 63.9 cm³/mol. The first-order valence-electron chi connectivity index (χ1n) is 4.28. The van der Waals surface area contributed by atoms with Crippen LogP contribution in [0.2, 0.25) is 5.02 Å². The smallest absolute Gasteiger partial charge is 0.0505 e. The molecule has 14 heavy (non-hydrogen) atoms. The van der Waals surface area contributed by atoms with Crippen LogP contribution in [-0.2, 0) is 0 Å². The Balaban J connectivity index is 2.58. The molecule has 0 saturated carbocycles. The molecule has 3 heteroatoms. The monoisotopic (exact) mass is 223 g/mol. The minimum absolute atomic E-state index is 0.701. The van der Waals surface area contributed by atoms with Gasteiger partial charge < -0.3 is 5.73 Å². The number of halogens is 1. The summed E-state index contributed by atoms with van der Waals surface area (Å²) in [7, 11) is 0. The SMILES string of the molecule is Cc1sccc1-c1ccc(N)cc1Cl. The van der Waals surface area contributed by atoms with E-state index < -0.39 is 0 Å². The number of benzene rings is 1. The van der Waals surface area contributed by atoms with Crippen molar-refractivity contribution in [3.8, 4) is 11.1 Å². The van der Waals surface area contributed by atoms with Crippen molar-refractivity contribution in [1.82, 2.24) is 0 Å². The molecule has 1 aromatic heterocycles. The Bertz CT molecular complexity index is 462. The molecular formula is C11H10ClNS. The van der Waals surface area contributed by atoms with Crippen LogP contribution >= 0.6 is 22.9 Å². The van der Waals surface area contributed by atoms with Crippen molar-refractivity contribution in [2.24, 2.45) is 0 Å². The van der Waals surface area contributed by atoms with Crippen LogP contribution in [0, 0.1) is 6.92 Å². The van der Waals surface area contributed by atoms with Gasteiger partial charge in [0.25, 0.3) is 0 Å². The van der Waals surface area contributed by atoms with E-state index >= 15 is 0 Å². The summed E-state index contributed by atoms with van der Waals surface area (Å²) in [6.07, 6.45) is 0. The van der Waals surface area contributed by atoms with Gasteiger partial charge in [-0.05, 0) is 36.1 Å². The van der Waals surface area contributed by atoms with Crippen LogP contribution in [0.4, 0.5) is 5.69 Å². The minimum atomic E-state index is 0.701. The van der Waals surface area contributed by atoms with Crippen molar-refractivity contribution >= 4 is 28.6 Å². The largest absolute Gasteiger partial charge is 0.399 e. The van der Waals surface area contributed by atoms with Crippen LogP contribution < -0.4 is 5.73 Å². The molecule has 0 radical (unpaired) electrons. The predicted octanol–water partition coefficient (Wildman–Crippen LogP) is 3.96. The Hall–Kier alpha value is -0.990. The molecule has 1 aromatic carbocycles. The molecule has 0 aliphatic rings. The average Bonchev–Trinajstić information content (AvgIpc) is 2.52. The van der Waals surface area contributed by atoms with E-state index in [2.05, 4.69) is 18.4 Å². The zero-order valence-corrected chi connectivity index (χ0v) is 9.32. The zero-order valence-electron chi connectivity index (χ0n) is 7.75. The van der Waals surface area contributed by atoms with Crippen LogP contribution in [0.5, 0.6) is 0 Å². The van der Waals surface area contributed by atoms with Crippen molar-refractivity contribution in [1.29, 1.82) is 0 Å². The zero-order chi connectivity index (χ0) is 10.1. The summed E-state index contributed by atoms with van der Waals surface area (Å²) in [6.45, 7) is 2.09. The molecule has 2 N–H and O–H groups in total. The lowest BCUT2D eigenvalue weighted by molar-refractivity contribution is 1.58. The van der Waals surface area contributed by atoms with Gasteiger partial charge in [-0.3, -0.25) is 0 Å². The van der Waals surface area contributed by atoms with E-state index in [0.29, 0.717) is 10.7 Å². The van der Waals surface area contributed by atoms with Crippen molar-refractivity contribution in [2.75, 3.05) is 5.73 Å². The summed E-state index contributed by atoms with van der Waals surface area (Å²) in [5.74, 6) is 0. The van der Waals surface area contributed by atoms with Crippen LogP contribution in [-0.4, -0.2) is 0 Å². The number of aryl methyl sites for hydroxylation is 1. The number of hydrogen-bond donors (Lipinski definition) is 1. The first-order valence-corrected chi connectivity index (χ1v) is 5.54. The number of thiophene rings is 1. The number of nitrogen functional groups attached to an aromatic ring is 1. The van der Waals surface area contributed by atoms with Crippen molar-refractivity contribution in [3.63, 3.8) is 0 Å². The molecule has 2 rings (SSSR count). The third-order valence-electron chi connectivity index (χ3n) is 2.14. The highest BCUT2D eigenvalue weighted by Gasteiger charge is 2.06. The van der Waals surface area contributed by atoms with Crippen LogP contribution in [0.3, 0.4) is 0 Å². The molecule has 72 valence electrons. The molecule has 0 unspecified atom stereocenters. The van der Waals surface area contributed by atoms with Crippen molar-refractivity contribution in [3.05, 3.63) is 39.5 Å². The number of rotatable bonds is 1. The van der Waals surface area contributed by atoms with Crippen LogP contribution in [0.25, 0.3) is 11.1 Å². The second kappa shape index (κ2) is 3.64. The van der Waals surface area contributed by atoms with Gasteiger partial charge in [-0.25, -0.2) is 0 Å². The Kier molecular flexibility index (Phi) is 2.48. The molecule has 0 amide bonds. The van der Waals surface area contributed by atoms with E-state index in [1.165, 1.54) is 10.4 Å². The lowest BCUT2D eigenvalue weighted by atomic mass is 10.1. The third kappa shape index (κ3) is 1.63. The van der Waals surface area contributed by atoms with Crippen molar-refractivity contribution < 1.29 is 0 Å². The average molecular weight is 224 g/mol. The molecule has 0 aliphatic heterocycles. The fourth-order valence-electron chi connectivity index (χ4n) is 1.41. The summed E-state index contributed by atoms with van der Waals surface area (Å²) >= 11 is 7.84. The molecule has 1 nitrogen and oxygen atoms in total. The summed E-state index contributed by atoms with van der Waals surface area (Å²) in [6, 6.07) is 7.70. The second-order valence-electron chi connectivity index (χ2n) is 3.13. The minimum Gasteiger partial charge on any atom is -0.399 e. The maximum atomic E-state index is 6.12. The molecule has 0 spiro atoms. The van der Waals surface area contributed by atoms with E-state index in [4.69, 9.17) is 17.3 Å². The number of hydrogen-bond acceptors (Lipinski definition) is 2. The Morgan fingerprint density at radius 3 is 2.57 bits per heavy atom. The summed E-state index contributed by atoms with van der Waals surface area (Å²) in [4.78, 5) is 1.27. The molecule has 0 fully saturated rings. The van der Waals surface area contributed by atoms with Gasteiger partial charge in [-0.1, -0.05) is 17.7 Å². The standard InChI is InChI=1S/C11H10ClNS/c1-7-9(4-5-14-7)10-3-2-8(13)6-11(10)12/h2-6H,13H2,1H3. The van der Waals surface area contributed by atoms with E-state index in [1.54, 1.807) is 17.4 Å². The van der Waals surface area contributed by atoms with Gasteiger partial charge in [0.1, 0.15) is 0 Å². The summed E-state index contributed by atoms with van der Waals surface area (Å²) in [5, 5.41) is 2.78. The van der Waals surface area contributed by atoms with Crippen LogP contribution in [0.15, 0.2) is 29.6 Å². The lowest BCUT2D eigenvalue weighted by Gasteiger charge is -2.04. The molecular weight excluding hydrogens is 214 g/mol. The second-order valence-corrected chi connectivity index (χ2v) is 4.66. The Morgan fingerprint density at radius 1 is 1.21 bits per heavy atom.